The van der Waals surface area contributed by atoms with Gasteiger partial charge in [0.2, 0.25) is 0 Å². The first-order chi connectivity index (χ1) is 9.06. The molecule has 98 valence electrons. The Bertz CT molecular complexity index is 556. The molecule has 1 N–H and O–H groups in total. The van der Waals surface area contributed by atoms with E-state index in [1.54, 1.807) is 6.92 Å². The van der Waals surface area contributed by atoms with E-state index in [-0.39, 0.29) is 5.78 Å². The molecule has 0 aliphatic carbocycles. The Morgan fingerprint density at radius 1 is 0.895 bits per heavy atom. The van der Waals surface area contributed by atoms with Crippen LogP contribution < -0.4 is 10.2 Å². The number of nitrogens with zero attached hydrogens (tertiary/aromatic N) is 1. The number of carbonyl (C=O) groups excluding carboxylic acids is 1. The summed E-state index contributed by atoms with van der Waals surface area (Å²) in [4.78, 5) is 13.3. The van der Waals surface area contributed by atoms with Crippen molar-refractivity contribution in [3.63, 3.8) is 0 Å². The first kappa shape index (κ1) is 13.1. The van der Waals surface area contributed by atoms with Crippen LogP contribution in [0.4, 0.5) is 17.1 Å². The second-order valence-electron chi connectivity index (χ2n) is 4.70. The number of hydrogen-bond acceptors (Lipinski definition) is 3. The van der Waals surface area contributed by atoms with Gasteiger partial charge in [-0.05, 0) is 55.5 Å². The highest BCUT2D eigenvalue weighted by molar-refractivity contribution is 5.94. The minimum Gasteiger partial charge on any atom is -0.378 e. The standard InChI is InChI=1S/C16H18N2O/c1-12(19)13-4-6-14(7-5-13)17-15-8-10-16(11-9-15)18(2)3/h4-11,17H,1-3H3. The largest absolute Gasteiger partial charge is 0.378 e. The number of hydrogen-bond donors (Lipinski definition) is 1. The molecule has 0 aliphatic rings. The van der Waals surface area contributed by atoms with E-state index < -0.39 is 0 Å². The van der Waals surface area contributed by atoms with Gasteiger partial charge in [-0.3, -0.25) is 4.79 Å². The maximum atomic E-state index is 11.2. The van der Waals surface area contributed by atoms with Gasteiger partial charge in [-0.1, -0.05) is 0 Å². The quantitative estimate of drug-likeness (QED) is 0.844. The highest BCUT2D eigenvalue weighted by Gasteiger charge is 2.00. The molecule has 19 heavy (non-hydrogen) atoms. The van der Waals surface area contributed by atoms with Crippen molar-refractivity contribution >= 4 is 22.8 Å². The van der Waals surface area contributed by atoms with Crippen LogP contribution in [0.3, 0.4) is 0 Å². The Morgan fingerprint density at radius 3 is 1.79 bits per heavy atom. The fourth-order valence-electron chi connectivity index (χ4n) is 1.80. The molecule has 0 fully saturated rings. The molecular formula is C16H18N2O. The fraction of sp³-hybridized carbons (Fsp3) is 0.188. The van der Waals surface area contributed by atoms with Crippen LogP contribution in [0.2, 0.25) is 0 Å². The molecule has 0 unspecified atom stereocenters. The van der Waals surface area contributed by atoms with Crippen molar-refractivity contribution in [3.8, 4) is 0 Å². The van der Waals surface area contributed by atoms with Crippen molar-refractivity contribution in [2.75, 3.05) is 24.3 Å². The second-order valence-corrected chi connectivity index (χ2v) is 4.70. The Hall–Kier alpha value is -2.29. The van der Waals surface area contributed by atoms with Gasteiger partial charge in [-0.15, -0.1) is 0 Å². The number of anilines is 3. The Balaban J connectivity index is 2.10. The summed E-state index contributed by atoms with van der Waals surface area (Å²) < 4.78 is 0. The zero-order chi connectivity index (χ0) is 13.8. The van der Waals surface area contributed by atoms with Crippen LogP contribution in [-0.2, 0) is 0 Å². The maximum Gasteiger partial charge on any atom is 0.159 e. The fourth-order valence-corrected chi connectivity index (χ4v) is 1.80. The van der Waals surface area contributed by atoms with Crippen LogP contribution in [0.25, 0.3) is 0 Å². The molecule has 0 saturated carbocycles. The monoisotopic (exact) mass is 254 g/mol. The number of Topliss-reactive ketones (excluding diaryl/α,β-unsaturated/α-hetero) is 1. The summed E-state index contributed by atoms with van der Waals surface area (Å²) in [5.74, 6) is 0.0851. The van der Waals surface area contributed by atoms with Crippen LogP contribution in [0.1, 0.15) is 17.3 Å². The van der Waals surface area contributed by atoms with Crippen molar-refractivity contribution in [1.82, 2.24) is 0 Å². The van der Waals surface area contributed by atoms with Gasteiger partial charge in [0.1, 0.15) is 0 Å². The van der Waals surface area contributed by atoms with Crippen molar-refractivity contribution in [3.05, 3.63) is 54.1 Å². The lowest BCUT2D eigenvalue weighted by molar-refractivity contribution is 0.101. The Morgan fingerprint density at radius 2 is 1.37 bits per heavy atom. The SMILES string of the molecule is CC(=O)c1ccc(Nc2ccc(N(C)C)cc2)cc1. The van der Waals surface area contributed by atoms with E-state index in [9.17, 15) is 4.79 Å². The van der Waals surface area contributed by atoms with Gasteiger partial charge in [-0.25, -0.2) is 0 Å². The molecule has 0 saturated heterocycles. The van der Waals surface area contributed by atoms with Crippen molar-refractivity contribution in [1.29, 1.82) is 0 Å². The topological polar surface area (TPSA) is 32.3 Å². The third-order valence-electron chi connectivity index (χ3n) is 2.96. The highest BCUT2D eigenvalue weighted by Crippen LogP contribution is 2.20. The number of carbonyl (C=O) groups is 1. The van der Waals surface area contributed by atoms with E-state index in [4.69, 9.17) is 0 Å². The molecule has 0 heterocycles. The van der Waals surface area contributed by atoms with Crippen LogP contribution >= 0.6 is 0 Å². The molecule has 0 bridgehead atoms. The van der Waals surface area contributed by atoms with Crippen LogP contribution in [0, 0.1) is 0 Å². The van der Waals surface area contributed by atoms with E-state index in [1.165, 1.54) is 0 Å². The first-order valence-corrected chi connectivity index (χ1v) is 6.21. The molecule has 3 heteroatoms. The van der Waals surface area contributed by atoms with Gasteiger partial charge in [0.05, 0.1) is 0 Å². The van der Waals surface area contributed by atoms with Gasteiger partial charge in [0.25, 0.3) is 0 Å². The van der Waals surface area contributed by atoms with E-state index in [0.29, 0.717) is 0 Å². The second kappa shape index (κ2) is 5.57. The van der Waals surface area contributed by atoms with E-state index in [0.717, 1.165) is 22.6 Å². The lowest BCUT2D eigenvalue weighted by Gasteiger charge is -2.13. The molecular weight excluding hydrogens is 236 g/mol. The summed E-state index contributed by atoms with van der Waals surface area (Å²) >= 11 is 0. The summed E-state index contributed by atoms with van der Waals surface area (Å²) in [6.45, 7) is 1.57. The minimum absolute atomic E-state index is 0.0851. The smallest absolute Gasteiger partial charge is 0.159 e. The Labute approximate surface area is 113 Å². The first-order valence-electron chi connectivity index (χ1n) is 6.21. The van der Waals surface area contributed by atoms with Gasteiger partial charge >= 0.3 is 0 Å². The number of benzene rings is 2. The summed E-state index contributed by atoms with van der Waals surface area (Å²) in [6.07, 6.45) is 0. The predicted molar refractivity (Wildman–Crippen MR) is 80.5 cm³/mol. The zero-order valence-electron chi connectivity index (χ0n) is 11.5. The van der Waals surface area contributed by atoms with Gasteiger partial charge in [0, 0.05) is 36.7 Å². The minimum atomic E-state index is 0.0851. The number of nitrogens with one attached hydrogen (secondary N) is 1. The lowest BCUT2D eigenvalue weighted by atomic mass is 10.1. The van der Waals surface area contributed by atoms with Crippen molar-refractivity contribution in [2.24, 2.45) is 0 Å². The average Bonchev–Trinajstić information content (AvgIpc) is 2.40. The number of rotatable bonds is 4. The molecule has 0 amide bonds. The Kier molecular flexibility index (Phi) is 3.85. The third-order valence-corrected chi connectivity index (χ3v) is 2.96. The molecule has 2 aromatic rings. The van der Waals surface area contributed by atoms with Gasteiger partial charge in [-0.2, -0.15) is 0 Å². The lowest BCUT2D eigenvalue weighted by Crippen LogP contribution is -2.08. The highest BCUT2D eigenvalue weighted by atomic mass is 16.1. The zero-order valence-corrected chi connectivity index (χ0v) is 11.5. The maximum absolute atomic E-state index is 11.2. The van der Waals surface area contributed by atoms with Crippen LogP contribution in [0.15, 0.2) is 48.5 Å². The van der Waals surface area contributed by atoms with E-state index in [2.05, 4.69) is 22.3 Å². The van der Waals surface area contributed by atoms with Gasteiger partial charge in [0.15, 0.2) is 5.78 Å². The molecule has 3 nitrogen and oxygen atoms in total. The molecule has 2 rings (SSSR count). The van der Waals surface area contributed by atoms with Crippen molar-refractivity contribution < 1.29 is 4.79 Å². The molecule has 0 radical (unpaired) electrons. The van der Waals surface area contributed by atoms with Gasteiger partial charge < -0.3 is 10.2 Å². The normalized spacial score (nSPS) is 10.1. The summed E-state index contributed by atoms with van der Waals surface area (Å²) in [5, 5.41) is 3.31. The predicted octanol–water partition coefficient (Wildman–Crippen LogP) is 3.70. The third kappa shape index (κ3) is 3.35. The molecule has 0 aliphatic heterocycles. The van der Waals surface area contributed by atoms with Crippen LogP contribution in [0.5, 0.6) is 0 Å². The van der Waals surface area contributed by atoms with E-state index >= 15 is 0 Å². The summed E-state index contributed by atoms with van der Waals surface area (Å²) in [7, 11) is 4.03. The average molecular weight is 254 g/mol. The summed E-state index contributed by atoms with van der Waals surface area (Å²) in [6, 6.07) is 15.7. The molecule has 2 aromatic carbocycles. The van der Waals surface area contributed by atoms with Crippen LogP contribution in [-0.4, -0.2) is 19.9 Å². The number of ketones is 1. The van der Waals surface area contributed by atoms with Crippen molar-refractivity contribution in [2.45, 2.75) is 6.92 Å². The molecule has 0 atom stereocenters. The van der Waals surface area contributed by atoms with E-state index in [1.807, 2.05) is 50.5 Å². The summed E-state index contributed by atoms with van der Waals surface area (Å²) in [5.41, 5.74) is 3.90. The molecule has 0 aromatic heterocycles. The molecule has 0 spiro atoms.